The highest BCUT2D eigenvalue weighted by molar-refractivity contribution is 6.30. The number of hydrogen-bond donors (Lipinski definition) is 1. The van der Waals surface area contributed by atoms with Crippen molar-refractivity contribution in [1.82, 2.24) is 0 Å². The Morgan fingerprint density at radius 1 is 1.07 bits per heavy atom. The molecule has 0 aromatic heterocycles. The summed E-state index contributed by atoms with van der Waals surface area (Å²) in [5.74, 6) is -0.352. The molecule has 3 rings (SSSR count). The maximum atomic E-state index is 13.0. The van der Waals surface area contributed by atoms with E-state index in [9.17, 15) is 14.4 Å². The van der Waals surface area contributed by atoms with Crippen molar-refractivity contribution in [2.45, 2.75) is 6.61 Å². The Balaban J connectivity index is 1.76. The molecule has 0 aliphatic carbocycles. The van der Waals surface area contributed by atoms with Gasteiger partial charge >= 0.3 is 0 Å². The van der Waals surface area contributed by atoms with Crippen molar-refractivity contribution in [3.63, 3.8) is 0 Å². The number of para-hydroxylation sites is 1. The Hall–Kier alpha value is -3.62. The van der Waals surface area contributed by atoms with E-state index >= 15 is 0 Å². The molecule has 0 fully saturated rings. The number of nitrogens with one attached hydrogen (secondary N) is 1. The minimum atomic E-state index is -0.539. The average molecular weight is 407 g/mol. The number of hydrogen-bond acceptors (Lipinski definition) is 3. The van der Waals surface area contributed by atoms with E-state index in [4.69, 9.17) is 16.3 Å². The summed E-state index contributed by atoms with van der Waals surface area (Å²) in [4.78, 5) is 12.4. The summed E-state index contributed by atoms with van der Waals surface area (Å²) < 4.78 is 18.8. The Bertz CT molecular complexity index is 1070. The van der Waals surface area contributed by atoms with E-state index < -0.39 is 5.91 Å². The van der Waals surface area contributed by atoms with Crippen LogP contribution >= 0.6 is 11.6 Å². The molecular formula is C23H16ClFN2O2. The minimum Gasteiger partial charge on any atom is -0.488 e. The zero-order valence-corrected chi connectivity index (χ0v) is 16.0. The van der Waals surface area contributed by atoms with Crippen molar-refractivity contribution >= 4 is 29.3 Å². The van der Waals surface area contributed by atoms with Crippen LogP contribution in [0.3, 0.4) is 0 Å². The molecule has 29 heavy (non-hydrogen) atoms. The number of carbonyl (C=O) groups is 1. The highest BCUT2D eigenvalue weighted by Gasteiger charge is 2.11. The van der Waals surface area contributed by atoms with Crippen LogP contribution in [0.5, 0.6) is 5.75 Å². The molecule has 1 N–H and O–H groups in total. The van der Waals surface area contributed by atoms with E-state index in [-0.39, 0.29) is 18.0 Å². The van der Waals surface area contributed by atoms with Crippen LogP contribution in [0.2, 0.25) is 5.02 Å². The highest BCUT2D eigenvalue weighted by atomic mass is 35.5. The van der Waals surface area contributed by atoms with Gasteiger partial charge in [0.2, 0.25) is 0 Å². The molecule has 0 spiro atoms. The summed E-state index contributed by atoms with van der Waals surface area (Å²) in [5, 5.41) is 12.6. The first-order valence-electron chi connectivity index (χ1n) is 8.70. The second kappa shape index (κ2) is 9.54. The summed E-state index contributed by atoms with van der Waals surface area (Å²) in [6, 6.07) is 21.5. The molecule has 0 bridgehead atoms. The van der Waals surface area contributed by atoms with Gasteiger partial charge in [0.25, 0.3) is 5.91 Å². The largest absolute Gasteiger partial charge is 0.488 e. The highest BCUT2D eigenvalue weighted by Crippen LogP contribution is 2.23. The van der Waals surface area contributed by atoms with E-state index in [2.05, 4.69) is 5.32 Å². The van der Waals surface area contributed by atoms with Gasteiger partial charge in [0.05, 0.1) is 0 Å². The number of amides is 1. The van der Waals surface area contributed by atoms with Gasteiger partial charge in [0.15, 0.2) is 0 Å². The van der Waals surface area contributed by atoms with Crippen molar-refractivity contribution in [2.75, 3.05) is 5.32 Å². The van der Waals surface area contributed by atoms with Crippen molar-refractivity contribution in [3.05, 3.63) is 100 Å². The van der Waals surface area contributed by atoms with Gasteiger partial charge in [-0.2, -0.15) is 5.26 Å². The van der Waals surface area contributed by atoms with Crippen LogP contribution in [0.25, 0.3) is 6.08 Å². The second-order valence-electron chi connectivity index (χ2n) is 6.08. The number of anilines is 1. The molecular weight excluding hydrogens is 391 g/mol. The first-order chi connectivity index (χ1) is 14.0. The van der Waals surface area contributed by atoms with Gasteiger partial charge in [-0.05, 0) is 54.1 Å². The first kappa shape index (κ1) is 20.1. The van der Waals surface area contributed by atoms with Crippen LogP contribution < -0.4 is 10.1 Å². The van der Waals surface area contributed by atoms with Gasteiger partial charge < -0.3 is 10.1 Å². The monoisotopic (exact) mass is 406 g/mol. The molecule has 144 valence electrons. The lowest BCUT2D eigenvalue weighted by molar-refractivity contribution is -0.112. The van der Waals surface area contributed by atoms with Crippen molar-refractivity contribution in [1.29, 1.82) is 5.26 Å². The van der Waals surface area contributed by atoms with E-state index in [1.54, 1.807) is 60.7 Å². The number of benzene rings is 3. The van der Waals surface area contributed by atoms with E-state index in [1.165, 1.54) is 18.2 Å². The molecule has 0 aliphatic rings. The van der Waals surface area contributed by atoms with Crippen LogP contribution in [0.15, 0.2) is 78.4 Å². The van der Waals surface area contributed by atoms with Crippen LogP contribution in [0, 0.1) is 17.1 Å². The van der Waals surface area contributed by atoms with E-state index in [0.717, 1.165) is 5.56 Å². The molecule has 0 saturated heterocycles. The lowest BCUT2D eigenvalue weighted by atomic mass is 10.1. The fourth-order valence-electron chi connectivity index (χ4n) is 2.51. The Kier molecular flexibility index (Phi) is 6.62. The standard InChI is InChI=1S/C23H16ClFN2O2/c24-19-7-11-21(12-8-19)27-23(28)18(14-26)13-17-3-1-2-4-22(17)29-15-16-5-9-20(25)10-6-16/h1-13H,15H2,(H,27,28)/b18-13+. The maximum Gasteiger partial charge on any atom is 0.266 e. The van der Waals surface area contributed by atoms with Crippen LogP contribution in [0.1, 0.15) is 11.1 Å². The summed E-state index contributed by atoms with van der Waals surface area (Å²) >= 11 is 5.84. The van der Waals surface area contributed by atoms with Gasteiger partial charge in [-0.15, -0.1) is 0 Å². The molecule has 0 aliphatic heterocycles. The molecule has 0 heterocycles. The second-order valence-corrected chi connectivity index (χ2v) is 6.52. The summed E-state index contributed by atoms with van der Waals surface area (Å²) in [6.07, 6.45) is 1.46. The number of nitrogens with zero attached hydrogens (tertiary/aromatic N) is 1. The Morgan fingerprint density at radius 3 is 2.45 bits per heavy atom. The van der Waals surface area contributed by atoms with E-state index in [1.807, 2.05) is 6.07 Å². The van der Waals surface area contributed by atoms with Gasteiger partial charge in [-0.25, -0.2) is 4.39 Å². The lowest BCUT2D eigenvalue weighted by Crippen LogP contribution is -2.13. The number of ether oxygens (including phenoxy) is 1. The third kappa shape index (κ3) is 5.68. The van der Waals surface area contributed by atoms with Crippen LogP contribution in [-0.2, 0) is 11.4 Å². The molecule has 3 aromatic carbocycles. The third-order valence-electron chi connectivity index (χ3n) is 3.99. The smallest absolute Gasteiger partial charge is 0.266 e. The summed E-state index contributed by atoms with van der Waals surface area (Å²) in [7, 11) is 0. The predicted octanol–water partition coefficient (Wildman–Crippen LogP) is 5.60. The summed E-state index contributed by atoms with van der Waals surface area (Å²) in [5.41, 5.74) is 1.84. The van der Waals surface area contributed by atoms with Crippen molar-refractivity contribution in [3.8, 4) is 11.8 Å². The number of rotatable bonds is 6. The fraction of sp³-hybridized carbons (Fsp3) is 0.0435. The fourth-order valence-corrected chi connectivity index (χ4v) is 2.63. The quantitative estimate of drug-likeness (QED) is 0.428. The Morgan fingerprint density at radius 2 is 1.76 bits per heavy atom. The molecule has 0 atom stereocenters. The van der Waals surface area contributed by atoms with Crippen LogP contribution in [-0.4, -0.2) is 5.91 Å². The molecule has 0 radical (unpaired) electrons. The molecule has 1 amide bonds. The normalized spacial score (nSPS) is 10.9. The van der Waals surface area contributed by atoms with Gasteiger partial charge in [0.1, 0.15) is 29.8 Å². The van der Waals surface area contributed by atoms with E-state index in [0.29, 0.717) is 22.0 Å². The summed E-state index contributed by atoms with van der Waals surface area (Å²) in [6.45, 7) is 0.226. The zero-order chi connectivity index (χ0) is 20.6. The minimum absolute atomic E-state index is 0.0715. The number of nitriles is 1. The van der Waals surface area contributed by atoms with Gasteiger partial charge in [0, 0.05) is 16.3 Å². The van der Waals surface area contributed by atoms with Crippen LogP contribution in [0.4, 0.5) is 10.1 Å². The lowest BCUT2D eigenvalue weighted by Gasteiger charge is -2.10. The van der Waals surface area contributed by atoms with Gasteiger partial charge in [-0.1, -0.05) is 41.9 Å². The molecule has 6 heteroatoms. The predicted molar refractivity (Wildman–Crippen MR) is 111 cm³/mol. The van der Waals surface area contributed by atoms with Gasteiger partial charge in [-0.3, -0.25) is 4.79 Å². The SMILES string of the molecule is N#C/C(=C\c1ccccc1OCc1ccc(F)cc1)C(=O)Nc1ccc(Cl)cc1. The molecule has 0 unspecified atom stereocenters. The number of carbonyl (C=O) groups excluding carboxylic acids is 1. The van der Waals surface area contributed by atoms with Crippen molar-refractivity contribution in [2.24, 2.45) is 0 Å². The Labute approximate surface area is 172 Å². The zero-order valence-electron chi connectivity index (χ0n) is 15.2. The van der Waals surface area contributed by atoms with Crippen molar-refractivity contribution < 1.29 is 13.9 Å². The number of halogens is 2. The topological polar surface area (TPSA) is 62.1 Å². The third-order valence-corrected chi connectivity index (χ3v) is 4.25. The average Bonchev–Trinajstić information content (AvgIpc) is 2.74. The molecule has 3 aromatic rings. The maximum absolute atomic E-state index is 13.0. The first-order valence-corrected chi connectivity index (χ1v) is 9.08. The molecule has 4 nitrogen and oxygen atoms in total. The molecule has 0 saturated carbocycles.